The van der Waals surface area contributed by atoms with Gasteiger partial charge in [-0.05, 0) is 34.1 Å². The number of pyridine rings is 1. The van der Waals surface area contributed by atoms with Gasteiger partial charge < -0.3 is 5.73 Å². The van der Waals surface area contributed by atoms with Gasteiger partial charge in [0, 0.05) is 16.1 Å². The molecule has 0 fully saturated rings. The van der Waals surface area contributed by atoms with E-state index in [4.69, 9.17) is 17.3 Å². The fourth-order valence-electron chi connectivity index (χ4n) is 1.17. The molecule has 2 nitrogen and oxygen atoms in total. The Bertz CT molecular complexity index is 470. The zero-order chi connectivity index (χ0) is 9.42. The van der Waals surface area contributed by atoms with E-state index in [2.05, 4.69) is 20.9 Å². The summed E-state index contributed by atoms with van der Waals surface area (Å²) < 4.78 is 0.781. The molecule has 0 aliphatic carbocycles. The largest absolute Gasteiger partial charge is 0.397 e. The fraction of sp³-hybridized carbons (Fsp3) is 0. The maximum Gasteiger partial charge on any atom is 0.0741 e. The van der Waals surface area contributed by atoms with E-state index in [-0.39, 0.29) is 0 Å². The molecule has 1 aromatic carbocycles. The fourth-order valence-corrected chi connectivity index (χ4v) is 1.96. The van der Waals surface area contributed by atoms with Crippen molar-refractivity contribution in [1.29, 1.82) is 0 Å². The van der Waals surface area contributed by atoms with Crippen LogP contribution < -0.4 is 5.73 Å². The van der Waals surface area contributed by atoms with Crippen molar-refractivity contribution in [2.24, 2.45) is 0 Å². The van der Waals surface area contributed by atoms with Crippen LogP contribution in [0.15, 0.2) is 28.9 Å². The Morgan fingerprint density at radius 1 is 1.46 bits per heavy atom. The molecule has 1 aromatic heterocycles. The smallest absolute Gasteiger partial charge is 0.0741 e. The van der Waals surface area contributed by atoms with E-state index in [0.717, 1.165) is 15.4 Å². The van der Waals surface area contributed by atoms with Crippen LogP contribution in [-0.4, -0.2) is 4.98 Å². The van der Waals surface area contributed by atoms with Crippen LogP contribution in [0.1, 0.15) is 0 Å². The highest BCUT2D eigenvalue weighted by Gasteiger charge is 2.06. The van der Waals surface area contributed by atoms with E-state index >= 15 is 0 Å². The monoisotopic (exact) mass is 256 g/mol. The van der Waals surface area contributed by atoms with Crippen LogP contribution >= 0.6 is 27.5 Å². The number of nitrogen functional groups attached to an aromatic ring is 1. The molecule has 4 heteroatoms. The van der Waals surface area contributed by atoms with Crippen LogP contribution in [0.3, 0.4) is 0 Å². The highest BCUT2D eigenvalue weighted by Crippen LogP contribution is 2.34. The number of nitrogens with two attached hydrogens (primary N) is 1. The molecule has 0 radical (unpaired) electrons. The van der Waals surface area contributed by atoms with Gasteiger partial charge in [-0.25, -0.2) is 0 Å². The van der Waals surface area contributed by atoms with E-state index in [9.17, 15) is 0 Å². The van der Waals surface area contributed by atoms with Crippen molar-refractivity contribution in [2.75, 3.05) is 5.73 Å². The summed E-state index contributed by atoms with van der Waals surface area (Å²) in [5.41, 5.74) is 7.14. The number of hydrogen-bond acceptors (Lipinski definition) is 2. The summed E-state index contributed by atoms with van der Waals surface area (Å²) in [4.78, 5) is 4.17. The number of halogens is 2. The maximum absolute atomic E-state index is 6.04. The Morgan fingerprint density at radius 2 is 2.23 bits per heavy atom. The van der Waals surface area contributed by atoms with Gasteiger partial charge in [0.1, 0.15) is 0 Å². The van der Waals surface area contributed by atoms with Crippen molar-refractivity contribution in [1.82, 2.24) is 4.98 Å². The van der Waals surface area contributed by atoms with Gasteiger partial charge >= 0.3 is 0 Å². The van der Waals surface area contributed by atoms with E-state index < -0.39 is 0 Å². The third kappa shape index (κ3) is 1.38. The lowest BCUT2D eigenvalue weighted by molar-refractivity contribution is 1.41. The van der Waals surface area contributed by atoms with E-state index in [1.165, 1.54) is 0 Å². The lowest BCUT2D eigenvalue weighted by Crippen LogP contribution is -1.90. The Kier molecular flexibility index (Phi) is 2.14. The van der Waals surface area contributed by atoms with Gasteiger partial charge in [-0.2, -0.15) is 0 Å². The Balaban J connectivity index is 2.94. The molecule has 2 aromatic rings. The van der Waals surface area contributed by atoms with Crippen molar-refractivity contribution in [3.05, 3.63) is 33.9 Å². The highest BCUT2D eigenvalue weighted by atomic mass is 79.9. The summed E-state index contributed by atoms with van der Waals surface area (Å²) in [6.45, 7) is 0. The highest BCUT2D eigenvalue weighted by molar-refractivity contribution is 9.10. The zero-order valence-electron chi connectivity index (χ0n) is 6.59. The summed E-state index contributed by atoms with van der Waals surface area (Å²) in [7, 11) is 0. The Morgan fingerprint density at radius 3 is 3.00 bits per heavy atom. The number of fused-ring (bicyclic) bond motifs is 1. The van der Waals surface area contributed by atoms with Gasteiger partial charge in [0.15, 0.2) is 0 Å². The number of benzene rings is 1. The molecule has 0 aliphatic rings. The molecule has 0 saturated heterocycles. The normalized spacial score (nSPS) is 10.6. The second kappa shape index (κ2) is 3.16. The van der Waals surface area contributed by atoms with Crippen LogP contribution in [0.4, 0.5) is 5.69 Å². The lowest BCUT2D eigenvalue weighted by atomic mass is 10.2. The lowest BCUT2D eigenvalue weighted by Gasteiger charge is -2.04. The predicted octanol–water partition coefficient (Wildman–Crippen LogP) is 3.23. The molecule has 0 bridgehead atoms. The molecule has 2 N–H and O–H groups in total. The van der Waals surface area contributed by atoms with Crippen molar-refractivity contribution < 1.29 is 0 Å². The van der Waals surface area contributed by atoms with Gasteiger partial charge in [0.05, 0.1) is 16.2 Å². The van der Waals surface area contributed by atoms with Gasteiger partial charge in [0.25, 0.3) is 0 Å². The first-order valence-electron chi connectivity index (χ1n) is 3.68. The number of aromatic nitrogens is 1. The number of rotatable bonds is 0. The summed E-state index contributed by atoms with van der Waals surface area (Å²) >= 11 is 9.35. The number of hydrogen-bond donors (Lipinski definition) is 1. The summed E-state index contributed by atoms with van der Waals surface area (Å²) in [5.74, 6) is 0. The molecular formula is C9H6BrClN2. The first kappa shape index (κ1) is 8.78. The van der Waals surface area contributed by atoms with Crippen molar-refractivity contribution in [3.8, 4) is 0 Å². The Hall–Kier alpha value is -0.800. The topological polar surface area (TPSA) is 38.9 Å². The first-order valence-corrected chi connectivity index (χ1v) is 4.85. The van der Waals surface area contributed by atoms with Crippen LogP contribution in [0.25, 0.3) is 10.9 Å². The minimum atomic E-state index is 0.553. The number of anilines is 1. The standard InChI is InChI=1S/C9H6BrClN2/c10-6-4-7-5(2-1-3-13-7)8(11)9(6)12/h1-4H,12H2. The molecule has 0 aliphatic heterocycles. The third-order valence-electron chi connectivity index (χ3n) is 1.83. The molecule has 1 heterocycles. The molecule has 2 rings (SSSR count). The SMILES string of the molecule is Nc1c(Br)cc2ncccc2c1Cl. The second-order valence-corrected chi connectivity index (χ2v) is 3.89. The summed E-state index contributed by atoms with van der Waals surface area (Å²) in [6, 6.07) is 5.59. The second-order valence-electron chi connectivity index (χ2n) is 2.66. The van der Waals surface area contributed by atoms with Crippen molar-refractivity contribution in [3.63, 3.8) is 0 Å². The van der Waals surface area contributed by atoms with Gasteiger partial charge in [-0.1, -0.05) is 11.6 Å². The van der Waals surface area contributed by atoms with Gasteiger partial charge in [-0.15, -0.1) is 0 Å². The van der Waals surface area contributed by atoms with Crippen molar-refractivity contribution >= 4 is 44.1 Å². The van der Waals surface area contributed by atoms with Crippen molar-refractivity contribution in [2.45, 2.75) is 0 Å². The zero-order valence-corrected chi connectivity index (χ0v) is 8.93. The first-order chi connectivity index (χ1) is 6.20. The Labute approximate surface area is 88.8 Å². The van der Waals surface area contributed by atoms with Crippen LogP contribution in [-0.2, 0) is 0 Å². The predicted molar refractivity (Wildman–Crippen MR) is 58.9 cm³/mol. The molecule has 13 heavy (non-hydrogen) atoms. The van der Waals surface area contributed by atoms with Crippen LogP contribution in [0.2, 0.25) is 5.02 Å². The van der Waals surface area contributed by atoms with Gasteiger partial charge in [0.2, 0.25) is 0 Å². The summed E-state index contributed by atoms with van der Waals surface area (Å²) in [5, 5.41) is 1.43. The molecule has 0 amide bonds. The maximum atomic E-state index is 6.04. The number of nitrogens with zero attached hydrogens (tertiary/aromatic N) is 1. The van der Waals surface area contributed by atoms with E-state index in [1.54, 1.807) is 6.20 Å². The van der Waals surface area contributed by atoms with Crippen LogP contribution in [0.5, 0.6) is 0 Å². The quantitative estimate of drug-likeness (QED) is 0.736. The van der Waals surface area contributed by atoms with Gasteiger partial charge in [-0.3, -0.25) is 4.98 Å². The molecule has 0 spiro atoms. The molecule has 66 valence electrons. The third-order valence-corrected chi connectivity index (χ3v) is 2.90. The molecule has 0 atom stereocenters. The van der Waals surface area contributed by atoms with Crippen LogP contribution in [0, 0.1) is 0 Å². The molecular weight excluding hydrogens is 251 g/mol. The minimum Gasteiger partial charge on any atom is -0.397 e. The average Bonchev–Trinajstić information content (AvgIpc) is 2.15. The molecule has 0 unspecified atom stereocenters. The summed E-state index contributed by atoms with van der Waals surface area (Å²) in [6.07, 6.45) is 1.72. The minimum absolute atomic E-state index is 0.553. The average molecular weight is 258 g/mol. The van der Waals surface area contributed by atoms with E-state index in [1.807, 2.05) is 18.2 Å². The molecule has 0 saturated carbocycles. The van der Waals surface area contributed by atoms with E-state index in [0.29, 0.717) is 10.7 Å².